The largest absolute Gasteiger partial charge is 0.494 e. The third kappa shape index (κ3) is 7.49. The van der Waals surface area contributed by atoms with Crippen LogP contribution in [0.5, 0.6) is 11.5 Å². The van der Waals surface area contributed by atoms with Crippen LogP contribution in [-0.4, -0.2) is 49.1 Å². The Kier molecular flexibility index (Phi) is 7.51. The summed E-state index contributed by atoms with van der Waals surface area (Å²) >= 11 is 0. The van der Waals surface area contributed by atoms with E-state index in [1.165, 1.54) is 0 Å². The van der Waals surface area contributed by atoms with E-state index < -0.39 is 0 Å². The van der Waals surface area contributed by atoms with Crippen LogP contribution in [0.1, 0.15) is 47.0 Å². The molecular formula is C21H32N2O4. The number of benzene rings is 1. The highest BCUT2D eigenvalue weighted by molar-refractivity contribution is 5.78. The lowest BCUT2D eigenvalue weighted by molar-refractivity contribution is -0.134. The van der Waals surface area contributed by atoms with Crippen LogP contribution >= 0.6 is 0 Å². The van der Waals surface area contributed by atoms with Crippen molar-refractivity contribution in [2.24, 2.45) is 5.41 Å². The van der Waals surface area contributed by atoms with E-state index in [1.54, 1.807) is 12.1 Å². The molecule has 0 radical (unpaired) electrons. The number of rotatable bonds is 7. The standard InChI is InChI=1S/C21H32N2O4/c1-5-26-17-6-8-18(9-7-17)27-15-19(24)22-16-10-12-23(13-11-16)20(25)14-21(2,3)4/h6-9,16H,5,10-15H2,1-4H3,(H,22,24). The lowest BCUT2D eigenvalue weighted by atomic mass is 9.91. The monoisotopic (exact) mass is 376 g/mol. The van der Waals surface area contributed by atoms with Crippen molar-refractivity contribution < 1.29 is 19.1 Å². The Balaban J connectivity index is 1.69. The van der Waals surface area contributed by atoms with E-state index in [4.69, 9.17) is 9.47 Å². The molecule has 1 aliphatic rings. The molecule has 27 heavy (non-hydrogen) atoms. The van der Waals surface area contributed by atoms with E-state index in [1.807, 2.05) is 24.0 Å². The van der Waals surface area contributed by atoms with Gasteiger partial charge in [-0.3, -0.25) is 9.59 Å². The minimum absolute atomic E-state index is 0.000351. The molecular weight excluding hydrogens is 344 g/mol. The van der Waals surface area contributed by atoms with Crippen LogP contribution in [0.25, 0.3) is 0 Å². The molecule has 1 N–H and O–H groups in total. The molecule has 150 valence electrons. The van der Waals surface area contributed by atoms with Gasteiger partial charge in [-0.15, -0.1) is 0 Å². The highest BCUT2D eigenvalue weighted by atomic mass is 16.5. The smallest absolute Gasteiger partial charge is 0.258 e. The number of carbonyl (C=O) groups is 2. The molecule has 6 nitrogen and oxygen atoms in total. The molecule has 0 atom stereocenters. The summed E-state index contributed by atoms with van der Waals surface area (Å²) in [5, 5.41) is 3.00. The zero-order valence-electron chi connectivity index (χ0n) is 16.9. The molecule has 0 aliphatic carbocycles. The average Bonchev–Trinajstić information content (AvgIpc) is 2.60. The Morgan fingerprint density at radius 1 is 1.07 bits per heavy atom. The summed E-state index contributed by atoms with van der Waals surface area (Å²) in [6.07, 6.45) is 2.12. The number of carbonyl (C=O) groups excluding carboxylic acids is 2. The second-order valence-electron chi connectivity index (χ2n) is 8.15. The van der Waals surface area contributed by atoms with Crippen LogP contribution in [0.4, 0.5) is 0 Å². The van der Waals surface area contributed by atoms with Gasteiger partial charge in [-0.25, -0.2) is 0 Å². The zero-order valence-corrected chi connectivity index (χ0v) is 16.9. The van der Waals surface area contributed by atoms with Crippen molar-refractivity contribution in [1.82, 2.24) is 10.2 Å². The predicted octanol–water partition coefficient (Wildman–Crippen LogP) is 3.01. The minimum atomic E-state index is -0.136. The maximum absolute atomic E-state index is 12.3. The van der Waals surface area contributed by atoms with E-state index in [0.29, 0.717) is 31.9 Å². The predicted molar refractivity (Wildman–Crippen MR) is 105 cm³/mol. The summed E-state index contributed by atoms with van der Waals surface area (Å²) in [5.74, 6) is 1.48. The van der Waals surface area contributed by atoms with E-state index in [0.717, 1.165) is 18.6 Å². The molecule has 0 spiro atoms. The second-order valence-corrected chi connectivity index (χ2v) is 8.15. The van der Waals surface area contributed by atoms with Gasteiger partial charge in [0, 0.05) is 25.6 Å². The Morgan fingerprint density at radius 3 is 2.15 bits per heavy atom. The molecule has 2 amide bonds. The number of amides is 2. The molecule has 1 aromatic rings. The molecule has 1 aliphatic heterocycles. The molecule has 1 saturated heterocycles. The zero-order chi connectivity index (χ0) is 19.9. The van der Waals surface area contributed by atoms with Crippen molar-refractivity contribution >= 4 is 11.8 Å². The fraction of sp³-hybridized carbons (Fsp3) is 0.619. The van der Waals surface area contributed by atoms with Crippen LogP contribution in [0.2, 0.25) is 0 Å². The van der Waals surface area contributed by atoms with Crippen LogP contribution in [-0.2, 0) is 9.59 Å². The van der Waals surface area contributed by atoms with E-state index >= 15 is 0 Å². The highest BCUT2D eigenvalue weighted by Crippen LogP contribution is 2.22. The van der Waals surface area contributed by atoms with Gasteiger partial charge in [0.25, 0.3) is 5.91 Å². The van der Waals surface area contributed by atoms with Crippen molar-refractivity contribution in [3.05, 3.63) is 24.3 Å². The van der Waals surface area contributed by atoms with Crippen molar-refractivity contribution in [2.45, 2.75) is 53.0 Å². The van der Waals surface area contributed by atoms with Crippen molar-refractivity contribution in [2.75, 3.05) is 26.3 Å². The summed E-state index contributed by atoms with van der Waals surface area (Å²) < 4.78 is 10.9. The van der Waals surface area contributed by atoms with Gasteiger partial charge >= 0.3 is 0 Å². The van der Waals surface area contributed by atoms with E-state index in [9.17, 15) is 9.59 Å². The van der Waals surface area contributed by atoms with Crippen LogP contribution in [0.3, 0.4) is 0 Å². The average molecular weight is 376 g/mol. The quantitative estimate of drug-likeness (QED) is 0.794. The highest BCUT2D eigenvalue weighted by Gasteiger charge is 2.26. The third-order valence-electron chi connectivity index (χ3n) is 4.40. The molecule has 6 heteroatoms. The van der Waals surface area contributed by atoms with Crippen molar-refractivity contribution in [3.63, 3.8) is 0 Å². The summed E-state index contributed by atoms with van der Waals surface area (Å²) in [4.78, 5) is 26.3. The van der Waals surface area contributed by atoms with Crippen molar-refractivity contribution in [1.29, 1.82) is 0 Å². The first-order chi connectivity index (χ1) is 12.8. The molecule has 1 aromatic carbocycles. The van der Waals surface area contributed by atoms with Gasteiger partial charge in [0.2, 0.25) is 5.91 Å². The van der Waals surface area contributed by atoms with Gasteiger partial charge < -0.3 is 19.7 Å². The Morgan fingerprint density at radius 2 is 1.63 bits per heavy atom. The van der Waals surface area contributed by atoms with Gasteiger partial charge in [0.15, 0.2) is 6.61 Å². The topological polar surface area (TPSA) is 67.9 Å². The molecule has 2 rings (SSSR count). The SMILES string of the molecule is CCOc1ccc(OCC(=O)NC2CCN(C(=O)CC(C)(C)C)CC2)cc1. The molecule has 0 aromatic heterocycles. The summed E-state index contributed by atoms with van der Waals surface area (Å²) in [7, 11) is 0. The number of nitrogens with zero attached hydrogens (tertiary/aromatic N) is 1. The minimum Gasteiger partial charge on any atom is -0.494 e. The van der Waals surface area contributed by atoms with E-state index in [2.05, 4.69) is 26.1 Å². The molecule has 0 unspecified atom stereocenters. The maximum atomic E-state index is 12.3. The van der Waals surface area contributed by atoms with Gasteiger partial charge in [0.1, 0.15) is 11.5 Å². The van der Waals surface area contributed by atoms with Gasteiger partial charge in [-0.2, -0.15) is 0 Å². The number of likely N-dealkylation sites (tertiary alicyclic amines) is 1. The maximum Gasteiger partial charge on any atom is 0.258 e. The van der Waals surface area contributed by atoms with E-state index in [-0.39, 0.29) is 29.9 Å². The number of ether oxygens (including phenoxy) is 2. The molecule has 1 heterocycles. The Bertz CT molecular complexity index is 614. The summed E-state index contributed by atoms with van der Waals surface area (Å²) in [6, 6.07) is 7.32. The van der Waals surface area contributed by atoms with Gasteiger partial charge in [-0.05, 0) is 49.4 Å². The summed E-state index contributed by atoms with van der Waals surface area (Å²) in [5.41, 5.74) is 0.000351. The Hall–Kier alpha value is -2.24. The lowest BCUT2D eigenvalue weighted by Gasteiger charge is -2.34. The van der Waals surface area contributed by atoms with Crippen molar-refractivity contribution in [3.8, 4) is 11.5 Å². The third-order valence-corrected chi connectivity index (χ3v) is 4.40. The Labute approximate surface area is 162 Å². The molecule has 0 saturated carbocycles. The number of piperidine rings is 1. The molecule has 1 fully saturated rings. The summed E-state index contributed by atoms with van der Waals surface area (Å²) in [6.45, 7) is 10.1. The number of hydrogen-bond donors (Lipinski definition) is 1. The second kappa shape index (κ2) is 9.62. The lowest BCUT2D eigenvalue weighted by Crippen LogP contribution is -2.48. The number of hydrogen-bond acceptors (Lipinski definition) is 4. The van der Waals surface area contributed by atoms with Gasteiger partial charge in [0.05, 0.1) is 6.61 Å². The fourth-order valence-corrected chi connectivity index (χ4v) is 3.06. The molecule has 0 bridgehead atoms. The van der Waals surface area contributed by atoms with Crippen LogP contribution in [0, 0.1) is 5.41 Å². The fourth-order valence-electron chi connectivity index (χ4n) is 3.06. The first kappa shape index (κ1) is 21.1. The van der Waals surface area contributed by atoms with Crippen LogP contribution in [0.15, 0.2) is 24.3 Å². The van der Waals surface area contributed by atoms with Gasteiger partial charge in [-0.1, -0.05) is 20.8 Å². The first-order valence-electron chi connectivity index (χ1n) is 9.69. The number of nitrogens with one attached hydrogen (secondary N) is 1. The van der Waals surface area contributed by atoms with Crippen LogP contribution < -0.4 is 14.8 Å². The normalized spacial score (nSPS) is 15.3. The first-order valence-corrected chi connectivity index (χ1v) is 9.69.